The van der Waals surface area contributed by atoms with E-state index in [1.165, 1.54) is 6.07 Å². The number of aromatic nitrogens is 2. The van der Waals surface area contributed by atoms with Gasteiger partial charge in [-0.05, 0) is 25.1 Å². The van der Waals surface area contributed by atoms with Crippen LogP contribution in [0.1, 0.15) is 18.5 Å². The molecule has 3 nitrogen and oxygen atoms in total. The normalized spacial score (nSPS) is 12.5. The lowest BCUT2D eigenvalue weighted by Gasteiger charge is -2.14. The van der Waals surface area contributed by atoms with Crippen LogP contribution in [0, 0.1) is 11.6 Å². The van der Waals surface area contributed by atoms with Gasteiger partial charge in [-0.1, -0.05) is 0 Å². The molecule has 1 atom stereocenters. The van der Waals surface area contributed by atoms with Crippen LogP contribution in [0.25, 0.3) is 0 Å². The molecule has 0 aliphatic carbocycles. The zero-order valence-electron chi connectivity index (χ0n) is 9.61. The van der Waals surface area contributed by atoms with Crippen LogP contribution in [0.5, 0.6) is 0 Å². The maximum Gasteiger partial charge on any atom is 0.148 e. The molecule has 0 saturated heterocycles. The highest BCUT2D eigenvalue weighted by atomic mass is 19.1. The third-order valence-corrected chi connectivity index (χ3v) is 2.50. The molecule has 0 bridgehead atoms. The lowest BCUT2D eigenvalue weighted by atomic mass is 10.1. The number of hydrogen-bond donors (Lipinski definition) is 1. The van der Waals surface area contributed by atoms with Gasteiger partial charge in [0, 0.05) is 24.9 Å². The number of benzene rings is 1. The molecule has 2 rings (SSSR count). The molecular formula is C12H13F2N3. The zero-order chi connectivity index (χ0) is 12.4. The largest absolute Gasteiger partial charge is 0.362 e. The predicted octanol–water partition coefficient (Wildman–Crippen LogP) is 2.87. The third-order valence-electron chi connectivity index (χ3n) is 2.50. The van der Waals surface area contributed by atoms with Gasteiger partial charge in [-0.2, -0.15) is 5.10 Å². The Labute approximate surface area is 98.1 Å². The molecule has 17 heavy (non-hydrogen) atoms. The third kappa shape index (κ3) is 2.61. The number of hydrogen-bond acceptors (Lipinski definition) is 2. The number of nitrogens with zero attached hydrogens (tertiary/aromatic N) is 2. The van der Waals surface area contributed by atoms with Crippen LogP contribution in [-0.2, 0) is 7.05 Å². The SMILES string of the molecule is C[C@H](Nc1ccn(C)n1)c1cc(F)ccc1F. The molecule has 0 radical (unpaired) electrons. The molecule has 1 aromatic heterocycles. The van der Waals surface area contributed by atoms with Crippen molar-refractivity contribution in [3.63, 3.8) is 0 Å². The molecule has 1 N–H and O–H groups in total. The summed E-state index contributed by atoms with van der Waals surface area (Å²) in [5.74, 6) is -0.248. The average molecular weight is 237 g/mol. The monoisotopic (exact) mass is 237 g/mol. The van der Waals surface area contributed by atoms with Crippen LogP contribution >= 0.6 is 0 Å². The summed E-state index contributed by atoms with van der Waals surface area (Å²) in [5.41, 5.74) is 0.288. The molecular weight excluding hydrogens is 224 g/mol. The number of halogens is 2. The number of anilines is 1. The lowest BCUT2D eigenvalue weighted by Crippen LogP contribution is -2.09. The highest BCUT2D eigenvalue weighted by Gasteiger charge is 2.12. The Morgan fingerprint density at radius 1 is 1.29 bits per heavy atom. The number of nitrogens with one attached hydrogen (secondary N) is 1. The van der Waals surface area contributed by atoms with E-state index in [-0.39, 0.29) is 11.6 Å². The number of rotatable bonds is 3. The minimum atomic E-state index is -0.448. The van der Waals surface area contributed by atoms with Crippen molar-refractivity contribution in [3.05, 3.63) is 47.7 Å². The summed E-state index contributed by atoms with van der Waals surface area (Å²) in [6.45, 7) is 1.76. The highest BCUT2D eigenvalue weighted by Crippen LogP contribution is 2.21. The number of aryl methyl sites for hydroxylation is 1. The minimum absolute atomic E-state index is 0.288. The predicted molar refractivity (Wildman–Crippen MR) is 61.6 cm³/mol. The Kier molecular flexibility index (Phi) is 3.08. The molecule has 90 valence electrons. The Balaban J connectivity index is 2.19. The molecule has 2 aromatic rings. The van der Waals surface area contributed by atoms with E-state index < -0.39 is 11.6 Å². The second-order valence-electron chi connectivity index (χ2n) is 3.91. The van der Waals surface area contributed by atoms with Crippen molar-refractivity contribution >= 4 is 5.82 Å². The van der Waals surface area contributed by atoms with Gasteiger partial charge in [0.1, 0.15) is 17.5 Å². The fourth-order valence-corrected chi connectivity index (χ4v) is 1.64. The van der Waals surface area contributed by atoms with Crippen LogP contribution in [0.2, 0.25) is 0 Å². The smallest absolute Gasteiger partial charge is 0.148 e. The molecule has 0 aliphatic heterocycles. The topological polar surface area (TPSA) is 29.9 Å². The summed E-state index contributed by atoms with van der Waals surface area (Å²) >= 11 is 0. The van der Waals surface area contributed by atoms with Gasteiger partial charge in [0.2, 0.25) is 0 Å². The van der Waals surface area contributed by atoms with E-state index in [0.29, 0.717) is 5.82 Å². The molecule has 5 heteroatoms. The summed E-state index contributed by atoms with van der Waals surface area (Å²) in [5, 5.41) is 7.13. The summed E-state index contributed by atoms with van der Waals surface area (Å²) in [7, 11) is 1.79. The first-order chi connectivity index (χ1) is 8.06. The summed E-state index contributed by atoms with van der Waals surface area (Å²) < 4.78 is 28.2. The van der Waals surface area contributed by atoms with Crippen LogP contribution < -0.4 is 5.32 Å². The first kappa shape index (κ1) is 11.6. The Morgan fingerprint density at radius 3 is 2.71 bits per heavy atom. The summed E-state index contributed by atoms with van der Waals surface area (Å²) in [6, 6.07) is 4.85. The first-order valence-electron chi connectivity index (χ1n) is 5.27. The Bertz CT molecular complexity index is 522. The van der Waals surface area contributed by atoms with Crippen LogP contribution in [-0.4, -0.2) is 9.78 Å². The Morgan fingerprint density at radius 2 is 2.06 bits per heavy atom. The summed E-state index contributed by atoms with van der Waals surface area (Å²) in [4.78, 5) is 0. The van der Waals surface area contributed by atoms with E-state index in [4.69, 9.17) is 0 Å². The second-order valence-corrected chi connectivity index (χ2v) is 3.91. The van der Waals surface area contributed by atoms with E-state index in [0.717, 1.165) is 12.1 Å². The molecule has 0 saturated carbocycles. The van der Waals surface area contributed by atoms with Crippen molar-refractivity contribution in [3.8, 4) is 0 Å². The maximum absolute atomic E-state index is 13.5. The van der Waals surface area contributed by atoms with Crippen molar-refractivity contribution in [1.82, 2.24) is 9.78 Å². The van der Waals surface area contributed by atoms with Gasteiger partial charge in [-0.25, -0.2) is 8.78 Å². The lowest BCUT2D eigenvalue weighted by molar-refractivity contribution is 0.576. The Hall–Kier alpha value is -1.91. The average Bonchev–Trinajstić information content (AvgIpc) is 2.67. The molecule has 0 unspecified atom stereocenters. The van der Waals surface area contributed by atoms with Crippen molar-refractivity contribution < 1.29 is 8.78 Å². The van der Waals surface area contributed by atoms with Crippen molar-refractivity contribution in [2.75, 3.05) is 5.32 Å². The van der Waals surface area contributed by atoms with Crippen LogP contribution in [0.3, 0.4) is 0 Å². The van der Waals surface area contributed by atoms with Crippen molar-refractivity contribution in [1.29, 1.82) is 0 Å². The molecule has 0 fully saturated rings. The van der Waals surface area contributed by atoms with Gasteiger partial charge in [-0.3, -0.25) is 4.68 Å². The van der Waals surface area contributed by atoms with E-state index >= 15 is 0 Å². The standard InChI is InChI=1S/C12H13F2N3/c1-8(15-12-5-6-17(2)16-12)10-7-9(13)3-4-11(10)14/h3-8H,1-2H3,(H,15,16)/t8-/m0/s1. The van der Waals surface area contributed by atoms with Crippen molar-refractivity contribution in [2.45, 2.75) is 13.0 Å². The fraction of sp³-hybridized carbons (Fsp3) is 0.250. The van der Waals surface area contributed by atoms with Crippen LogP contribution in [0.15, 0.2) is 30.5 Å². The van der Waals surface area contributed by atoms with E-state index in [2.05, 4.69) is 10.4 Å². The van der Waals surface area contributed by atoms with Gasteiger partial charge in [0.15, 0.2) is 0 Å². The summed E-state index contributed by atoms with van der Waals surface area (Å²) in [6.07, 6.45) is 1.77. The van der Waals surface area contributed by atoms with Gasteiger partial charge in [0.05, 0.1) is 6.04 Å². The van der Waals surface area contributed by atoms with Gasteiger partial charge in [-0.15, -0.1) is 0 Å². The van der Waals surface area contributed by atoms with Crippen molar-refractivity contribution in [2.24, 2.45) is 7.05 Å². The van der Waals surface area contributed by atoms with Gasteiger partial charge >= 0.3 is 0 Å². The quantitative estimate of drug-likeness (QED) is 0.889. The van der Waals surface area contributed by atoms with Gasteiger partial charge in [0.25, 0.3) is 0 Å². The fourth-order valence-electron chi connectivity index (χ4n) is 1.64. The molecule has 1 aromatic carbocycles. The van der Waals surface area contributed by atoms with E-state index in [1.54, 1.807) is 30.9 Å². The zero-order valence-corrected chi connectivity index (χ0v) is 9.61. The first-order valence-corrected chi connectivity index (χ1v) is 5.27. The van der Waals surface area contributed by atoms with Crippen LogP contribution in [0.4, 0.5) is 14.6 Å². The highest BCUT2D eigenvalue weighted by molar-refractivity contribution is 5.37. The van der Waals surface area contributed by atoms with E-state index in [9.17, 15) is 8.78 Å². The molecule has 0 aliphatic rings. The molecule has 0 amide bonds. The second kappa shape index (κ2) is 4.53. The minimum Gasteiger partial charge on any atom is -0.362 e. The van der Waals surface area contributed by atoms with E-state index in [1.807, 2.05) is 0 Å². The molecule has 0 spiro atoms. The van der Waals surface area contributed by atoms with Gasteiger partial charge < -0.3 is 5.32 Å². The molecule has 1 heterocycles. The maximum atomic E-state index is 13.5.